The summed E-state index contributed by atoms with van der Waals surface area (Å²) in [5.41, 5.74) is 5.61. The quantitative estimate of drug-likeness (QED) is 0.657. The Labute approximate surface area is 152 Å². The number of nitrogens with two attached hydrogens (primary N) is 1. The topological polar surface area (TPSA) is 76.3 Å². The number of nitrogens with zero attached hydrogens (tertiary/aromatic N) is 2. The molecular weight excluding hydrogens is 354 g/mol. The Morgan fingerprint density at radius 3 is 2.76 bits per heavy atom. The molecule has 2 heterocycles. The zero-order chi connectivity index (χ0) is 17.7. The first-order valence-electron chi connectivity index (χ1n) is 8.18. The largest absolute Gasteiger partial charge is 0.330 e. The van der Waals surface area contributed by atoms with Crippen molar-refractivity contribution in [3.05, 3.63) is 59.0 Å². The van der Waals surface area contributed by atoms with Gasteiger partial charge in [-0.2, -0.15) is 4.31 Å². The van der Waals surface area contributed by atoms with Gasteiger partial charge < -0.3 is 5.73 Å². The smallest absolute Gasteiger partial charge is 0.243 e. The van der Waals surface area contributed by atoms with Gasteiger partial charge in [-0.25, -0.2) is 8.42 Å². The number of pyridine rings is 1. The molecule has 0 unspecified atom stereocenters. The molecule has 0 radical (unpaired) electrons. The van der Waals surface area contributed by atoms with Crippen molar-refractivity contribution in [1.29, 1.82) is 0 Å². The highest BCUT2D eigenvalue weighted by molar-refractivity contribution is 7.89. The minimum atomic E-state index is -3.60. The second-order valence-corrected chi connectivity index (χ2v) is 8.67. The van der Waals surface area contributed by atoms with Gasteiger partial charge in [-0.05, 0) is 43.0 Å². The highest BCUT2D eigenvalue weighted by atomic mass is 32.2. The molecule has 132 valence electrons. The number of sulfonamides is 1. The molecule has 1 aromatic carbocycles. The first kappa shape index (κ1) is 18.0. The number of aromatic nitrogens is 1. The van der Waals surface area contributed by atoms with E-state index in [2.05, 4.69) is 4.98 Å². The summed E-state index contributed by atoms with van der Waals surface area (Å²) >= 11 is 1.64. The van der Waals surface area contributed by atoms with Crippen LogP contribution in [0.3, 0.4) is 0 Å². The maximum absolute atomic E-state index is 13.3. The van der Waals surface area contributed by atoms with Gasteiger partial charge in [0, 0.05) is 41.1 Å². The van der Waals surface area contributed by atoms with Crippen LogP contribution in [0.25, 0.3) is 10.8 Å². The zero-order valence-electron chi connectivity index (χ0n) is 13.8. The van der Waals surface area contributed by atoms with Crippen molar-refractivity contribution in [1.82, 2.24) is 9.29 Å². The summed E-state index contributed by atoms with van der Waals surface area (Å²) < 4.78 is 28.1. The van der Waals surface area contributed by atoms with Crippen LogP contribution in [0.1, 0.15) is 11.3 Å². The van der Waals surface area contributed by atoms with Crippen molar-refractivity contribution < 1.29 is 8.42 Å². The van der Waals surface area contributed by atoms with Gasteiger partial charge in [-0.3, -0.25) is 4.98 Å². The number of hydrogen-bond acceptors (Lipinski definition) is 5. The Morgan fingerprint density at radius 1 is 1.12 bits per heavy atom. The summed E-state index contributed by atoms with van der Waals surface area (Å²) in [5.74, 6) is 0. The monoisotopic (exact) mass is 375 g/mol. The molecule has 0 aliphatic heterocycles. The van der Waals surface area contributed by atoms with Crippen LogP contribution in [0, 0.1) is 0 Å². The second kappa shape index (κ2) is 8.05. The minimum absolute atomic E-state index is 0.329. The van der Waals surface area contributed by atoms with Gasteiger partial charge in [0.15, 0.2) is 0 Å². The molecule has 0 aliphatic rings. The van der Waals surface area contributed by atoms with Crippen molar-refractivity contribution in [3.8, 4) is 0 Å². The van der Waals surface area contributed by atoms with Crippen LogP contribution in [0.5, 0.6) is 0 Å². The Kier molecular flexibility index (Phi) is 5.80. The highest BCUT2D eigenvalue weighted by Crippen LogP contribution is 2.25. The van der Waals surface area contributed by atoms with E-state index in [9.17, 15) is 8.42 Å². The Bertz CT molecular complexity index is 919. The van der Waals surface area contributed by atoms with Crippen molar-refractivity contribution in [3.63, 3.8) is 0 Å². The van der Waals surface area contributed by atoms with E-state index >= 15 is 0 Å². The van der Waals surface area contributed by atoms with Gasteiger partial charge in [0.25, 0.3) is 0 Å². The van der Waals surface area contributed by atoms with E-state index < -0.39 is 10.0 Å². The highest BCUT2D eigenvalue weighted by Gasteiger charge is 2.25. The van der Waals surface area contributed by atoms with Crippen LogP contribution in [0.2, 0.25) is 0 Å². The third kappa shape index (κ3) is 4.07. The van der Waals surface area contributed by atoms with Crippen LogP contribution in [-0.2, 0) is 16.4 Å². The van der Waals surface area contributed by atoms with Gasteiger partial charge in [-0.15, -0.1) is 11.3 Å². The molecule has 0 saturated carbocycles. The molecule has 5 nitrogen and oxygen atoms in total. The molecule has 2 N–H and O–H groups in total. The lowest BCUT2D eigenvalue weighted by Crippen LogP contribution is -2.34. The Hall–Kier alpha value is -1.80. The van der Waals surface area contributed by atoms with E-state index in [1.165, 1.54) is 4.88 Å². The molecule has 0 atom stereocenters. The summed E-state index contributed by atoms with van der Waals surface area (Å²) in [5, 5.41) is 3.53. The summed E-state index contributed by atoms with van der Waals surface area (Å²) in [6.45, 7) is 1.33. The van der Waals surface area contributed by atoms with Gasteiger partial charge in [0.2, 0.25) is 10.0 Å². The summed E-state index contributed by atoms with van der Waals surface area (Å²) in [6, 6.07) is 11.1. The minimum Gasteiger partial charge on any atom is -0.330 e. The summed E-state index contributed by atoms with van der Waals surface area (Å²) in [4.78, 5) is 5.58. The fourth-order valence-corrected chi connectivity index (χ4v) is 5.16. The predicted molar refractivity (Wildman–Crippen MR) is 102 cm³/mol. The number of fused-ring (bicyclic) bond motifs is 1. The predicted octanol–water partition coefficient (Wildman–Crippen LogP) is 2.88. The molecule has 0 fully saturated rings. The van der Waals surface area contributed by atoms with Crippen molar-refractivity contribution in [2.24, 2.45) is 5.73 Å². The van der Waals surface area contributed by atoms with E-state index in [1.54, 1.807) is 46.2 Å². The maximum atomic E-state index is 13.3. The lowest BCUT2D eigenvalue weighted by atomic mass is 10.2. The van der Waals surface area contributed by atoms with Gasteiger partial charge in [0.1, 0.15) is 0 Å². The lowest BCUT2D eigenvalue weighted by Gasteiger charge is -2.22. The molecule has 7 heteroatoms. The lowest BCUT2D eigenvalue weighted by molar-refractivity contribution is 0.411. The molecule has 0 spiro atoms. The van der Waals surface area contributed by atoms with E-state index in [0.29, 0.717) is 42.8 Å². The van der Waals surface area contributed by atoms with Crippen LogP contribution >= 0.6 is 11.3 Å². The summed E-state index contributed by atoms with van der Waals surface area (Å²) in [7, 11) is -3.60. The molecule has 3 aromatic rings. The first-order chi connectivity index (χ1) is 12.1. The zero-order valence-corrected chi connectivity index (χ0v) is 15.5. The second-order valence-electron chi connectivity index (χ2n) is 5.73. The third-order valence-corrected chi connectivity index (χ3v) is 6.95. The Balaban J connectivity index is 1.94. The average molecular weight is 376 g/mol. The first-order valence-corrected chi connectivity index (χ1v) is 10.5. The van der Waals surface area contributed by atoms with Crippen LogP contribution in [0.15, 0.2) is 59.1 Å². The standard InChI is InChI=1S/C18H21N3O2S2/c19-9-3-11-21(12-8-16-5-2-13-24-16)25(22,23)18-6-1-4-15-14-20-10-7-17(15)18/h1-2,4-7,10,13-14H,3,8-9,11-12,19H2. The van der Waals surface area contributed by atoms with E-state index in [4.69, 9.17) is 5.73 Å². The molecule has 3 rings (SSSR count). The van der Waals surface area contributed by atoms with Crippen molar-refractivity contribution >= 4 is 32.1 Å². The van der Waals surface area contributed by atoms with Crippen molar-refractivity contribution in [2.45, 2.75) is 17.7 Å². The van der Waals surface area contributed by atoms with E-state index in [0.717, 1.165) is 5.39 Å². The van der Waals surface area contributed by atoms with Crippen LogP contribution < -0.4 is 5.73 Å². The summed E-state index contributed by atoms with van der Waals surface area (Å²) in [6.07, 6.45) is 4.64. The fourth-order valence-electron chi connectivity index (χ4n) is 2.77. The maximum Gasteiger partial charge on any atom is 0.243 e. The van der Waals surface area contributed by atoms with Gasteiger partial charge >= 0.3 is 0 Å². The van der Waals surface area contributed by atoms with Gasteiger partial charge in [-0.1, -0.05) is 18.2 Å². The number of benzene rings is 1. The number of rotatable bonds is 8. The Morgan fingerprint density at radius 2 is 2.00 bits per heavy atom. The molecule has 0 amide bonds. The molecular formula is C18H21N3O2S2. The van der Waals surface area contributed by atoms with Crippen molar-refractivity contribution in [2.75, 3.05) is 19.6 Å². The van der Waals surface area contributed by atoms with E-state index in [-0.39, 0.29) is 0 Å². The number of hydrogen-bond donors (Lipinski definition) is 1. The average Bonchev–Trinajstić information content (AvgIpc) is 3.14. The SMILES string of the molecule is NCCCN(CCc1cccs1)S(=O)(=O)c1cccc2cnccc12. The molecule has 0 bridgehead atoms. The molecule has 25 heavy (non-hydrogen) atoms. The molecule has 0 aliphatic carbocycles. The van der Waals surface area contributed by atoms with Crippen LogP contribution in [-0.4, -0.2) is 37.3 Å². The number of thiophene rings is 1. The molecule has 2 aromatic heterocycles. The van der Waals surface area contributed by atoms with E-state index in [1.807, 2.05) is 23.6 Å². The van der Waals surface area contributed by atoms with Gasteiger partial charge in [0.05, 0.1) is 4.90 Å². The third-order valence-electron chi connectivity index (χ3n) is 4.06. The normalized spacial score (nSPS) is 12.1. The van der Waals surface area contributed by atoms with Crippen LogP contribution in [0.4, 0.5) is 0 Å². The molecule has 0 saturated heterocycles. The fraction of sp³-hybridized carbons (Fsp3) is 0.278.